The summed E-state index contributed by atoms with van der Waals surface area (Å²) in [6.45, 7) is 6.54. The van der Waals surface area contributed by atoms with Crippen molar-refractivity contribution >= 4 is 5.91 Å². The molecule has 2 heterocycles. The lowest BCUT2D eigenvalue weighted by Crippen LogP contribution is -2.41. The minimum atomic E-state index is -0.0801. The van der Waals surface area contributed by atoms with Crippen LogP contribution < -0.4 is 5.32 Å². The number of nitrogens with zero attached hydrogens (tertiary/aromatic N) is 2. The number of carbonyl (C=O) groups excluding carboxylic acids is 1. The Balaban J connectivity index is 1.61. The zero-order valence-corrected chi connectivity index (χ0v) is 15.4. The van der Waals surface area contributed by atoms with E-state index >= 15 is 0 Å². The second kappa shape index (κ2) is 8.43. The highest BCUT2D eigenvalue weighted by molar-refractivity contribution is 5.94. The van der Waals surface area contributed by atoms with E-state index in [9.17, 15) is 9.90 Å². The number of rotatable bonds is 6. The van der Waals surface area contributed by atoms with Crippen LogP contribution in [0.5, 0.6) is 0 Å². The zero-order valence-electron chi connectivity index (χ0n) is 15.4. The monoisotopic (exact) mass is 353 g/mol. The minimum Gasteiger partial charge on any atom is -0.396 e. The molecule has 2 aromatic rings. The molecule has 26 heavy (non-hydrogen) atoms. The molecule has 1 fully saturated rings. The highest BCUT2D eigenvalue weighted by Crippen LogP contribution is 2.20. The van der Waals surface area contributed by atoms with Crippen molar-refractivity contribution in [3.05, 3.63) is 65.5 Å². The largest absolute Gasteiger partial charge is 0.396 e. The van der Waals surface area contributed by atoms with Crippen molar-refractivity contribution in [2.75, 3.05) is 19.7 Å². The van der Waals surface area contributed by atoms with Gasteiger partial charge in [0.1, 0.15) is 0 Å². The smallest absolute Gasteiger partial charge is 0.251 e. The molecule has 3 rings (SSSR count). The van der Waals surface area contributed by atoms with Crippen LogP contribution >= 0.6 is 0 Å². The van der Waals surface area contributed by atoms with Gasteiger partial charge in [-0.1, -0.05) is 32.0 Å². The third-order valence-electron chi connectivity index (χ3n) is 5.02. The van der Waals surface area contributed by atoms with Crippen LogP contribution in [0.2, 0.25) is 0 Å². The van der Waals surface area contributed by atoms with Gasteiger partial charge in [0.15, 0.2) is 0 Å². The number of pyridine rings is 1. The Bertz CT molecular complexity index is 716. The van der Waals surface area contributed by atoms with Gasteiger partial charge < -0.3 is 10.4 Å². The first-order valence-corrected chi connectivity index (χ1v) is 9.20. The summed E-state index contributed by atoms with van der Waals surface area (Å²) in [7, 11) is 0. The molecule has 0 spiro atoms. The summed E-state index contributed by atoms with van der Waals surface area (Å²) in [5.41, 5.74) is 2.88. The van der Waals surface area contributed by atoms with Crippen molar-refractivity contribution in [2.45, 2.75) is 32.4 Å². The van der Waals surface area contributed by atoms with E-state index in [1.165, 1.54) is 5.56 Å². The number of nitrogens with one attached hydrogen (secondary N) is 1. The van der Waals surface area contributed by atoms with Gasteiger partial charge in [0.25, 0.3) is 5.91 Å². The Labute approximate surface area is 155 Å². The van der Waals surface area contributed by atoms with Gasteiger partial charge in [0.05, 0.1) is 5.69 Å². The average molecular weight is 353 g/mol. The predicted octanol–water partition coefficient (Wildman–Crippen LogP) is 2.43. The van der Waals surface area contributed by atoms with Crippen LogP contribution in [0.4, 0.5) is 0 Å². The topological polar surface area (TPSA) is 65.5 Å². The molecule has 5 heteroatoms. The van der Waals surface area contributed by atoms with E-state index in [0.29, 0.717) is 11.5 Å². The molecular weight excluding hydrogens is 326 g/mol. The highest BCUT2D eigenvalue weighted by Gasteiger charge is 2.33. The molecular formula is C21H27N3O2. The number of aromatic nitrogens is 1. The summed E-state index contributed by atoms with van der Waals surface area (Å²) in [5.74, 6) is 0.405. The van der Waals surface area contributed by atoms with Crippen molar-refractivity contribution in [1.29, 1.82) is 0 Å². The number of carbonyl (C=O) groups is 1. The van der Waals surface area contributed by atoms with Crippen molar-refractivity contribution in [3.8, 4) is 0 Å². The fraction of sp³-hybridized carbons (Fsp3) is 0.429. The summed E-state index contributed by atoms with van der Waals surface area (Å²) >= 11 is 0. The quantitative estimate of drug-likeness (QED) is 0.837. The summed E-state index contributed by atoms with van der Waals surface area (Å²) < 4.78 is 0. The third-order valence-corrected chi connectivity index (χ3v) is 5.02. The molecule has 138 valence electrons. The maximum Gasteiger partial charge on any atom is 0.251 e. The molecule has 1 aliphatic heterocycles. The lowest BCUT2D eigenvalue weighted by atomic mass is 10.0. The normalized spacial score (nSPS) is 20.5. The Morgan fingerprint density at radius 1 is 1.23 bits per heavy atom. The van der Waals surface area contributed by atoms with Crippen LogP contribution in [0.15, 0.2) is 48.7 Å². The van der Waals surface area contributed by atoms with Gasteiger partial charge in [-0.25, -0.2) is 0 Å². The lowest BCUT2D eigenvalue weighted by molar-refractivity contribution is 0.0921. The van der Waals surface area contributed by atoms with Gasteiger partial charge in [-0.05, 0) is 35.7 Å². The average Bonchev–Trinajstić information content (AvgIpc) is 3.03. The van der Waals surface area contributed by atoms with E-state index in [0.717, 1.165) is 25.3 Å². The first-order valence-electron chi connectivity index (χ1n) is 9.20. The SMILES string of the molecule is CC(C)c1ccc(C(=O)N[C@@H]2CN(Cc3ccccn3)C[C@H]2CO)cc1. The minimum absolute atomic E-state index is 0.0394. The van der Waals surface area contributed by atoms with Gasteiger partial charge in [-0.2, -0.15) is 0 Å². The van der Waals surface area contributed by atoms with Gasteiger partial charge in [-0.15, -0.1) is 0 Å². The Morgan fingerprint density at radius 3 is 2.62 bits per heavy atom. The van der Waals surface area contributed by atoms with Crippen molar-refractivity contribution in [2.24, 2.45) is 5.92 Å². The first kappa shape index (κ1) is 18.5. The van der Waals surface area contributed by atoms with Crippen LogP contribution in [-0.4, -0.2) is 46.6 Å². The van der Waals surface area contributed by atoms with Crippen LogP contribution in [0, 0.1) is 5.92 Å². The Kier molecular flexibility index (Phi) is 6.01. The van der Waals surface area contributed by atoms with Crippen LogP contribution in [0.3, 0.4) is 0 Å². The molecule has 0 saturated carbocycles. The van der Waals surface area contributed by atoms with Crippen molar-refractivity contribution < 1.29 is 9.90 Å². The summed E-state index contributed by atoms with van der Waals surface area (Å²) in [6.07, 6.45) is 1.79. The van der Waals surface area contributed by atoms with E-state index < -0.39 is 0 Å². The molecule has 1 aromatic heterocycles. The standard InChI is InChI=1S/C21H27N3O2/c1-15(2)16-6-8-17(9-7-16)21(26)23-20-13-24(11-18(20)14-25)12-19-5-3-4-10-22-19/h3-10,15,18,20,25H,11-14H2,1-2H3,(H,23,26)/t18-,20+/m0/s1. The van der Waals surface area contributed by atoms with Gasteiger partial charge in [0, 0.05) is 50.0 Å². The maximum absolute atomic E-state index is 12.6. The zero-order chi connectivity index (χ0) is 18.5. The molecule has 0 bridgehead atoms. The number of benzene rings is 1. The van der Waals surface area contributed by atoms with Gasteiger partial charge >= 0.3 is 0 Å². The molecule has 2 N–H and O–H groups in total. The van der Waals surface area contributed by atoms with E-state index in [2.05, 4.69) is 29.0 Å². The molecule has 2 atom stereocenters. The van der Waals surface area contributed by atoms with Crippen molar-refractivity contribution in [3.63, 3.8) is 0 Å². The predicted molar refractivity (Wildman–Crippen MR) is 102 cm³/mol. The summed E-state index contributed by atoms with van der Waals surface area (Å²) in [4.78, 5) is 19.2. The highest BCUT2D eigenvalue weighted by atomic mass is 16.3. The number of hydrogen-bond acceptors (Lipinski definition) is 4. The fourth-order valence-corrected chi connectivity index (χ4v) is 3.43. The maximum atomic E-state index is 12.6. The molecule has 0 radical (unpaired) electrons. The van der Waals surface area contributed by atoms with Crippen LogP contribution in [0.1, 0.15) is 41.4 Å². The molecule has 1 saturated heterocycles. The number of aliphatic hydroxyl groups excluding tert-OH is 1. The summed E-state index contributed by atoms with van der Waals surface area (Å²) in [6, 6.07) is 13.6. The van der Waals surface area contributed by atoms with Gasteiger partial charge in [-0.3, -0.25) is 14.7 Å². The first-order chi connectivity index (χ1) is 12.6. The second-order valence-corrected chi connectivity index (χ2v) is 7.31. The Morgan fingerprint density at radius 2 is 2.00 bits per heavy atom. The molecule has 0 aliphatic carbocycles. The van der Waals surface area contributed by atoms with Crippen LogP contribution in [0.25, 0.3) is 0 Å². The summed E-state index contributed by atoms with van der Waals surface area (Å²) in [5, 5.41) is 12.8. The molecule has 1 aromatic carbocycles. The molecule has 1 amide bonds. The number of hydrogen-bond donors (Lipinski definition) is 2. The van der Waals surface area contributed by atoms with E-state index in [1.54, 1.807) is 6.20 Å². The second-order valence-electron chi connectivity index (χ2n) is 7.31. The molecule has 0 unspecified atom stereocenters. The molecule has 1 aliphatic rings. The van der Waals surface area contributed by atoms with Crippen molar-refractivity contribution in [1.82, 2.24) is 15.2 Å². The lowest BCUT2D eigenvalue weighted by Gasteiger charge is -2.18. The fourth-order valence-electron chi connectivity index (χ4n) is 3.43. The third kappa shape index (κ3) is 4.48. The number of aliphatic hydroxyl groups is 1. The van der Waals surface area contributed by atoms with E-state index in [-0.39, 0.29) is 24.5 Å². The van der Waals surface area contributed by atoms with E-state index in [1.807, 2.05) is 42.5 Å². The number of amides is 1. The van der Waals surface area contributed by atoms with Gasteiger partial charge in [0.2, 0.25) is 0 Å². The van der Waals surface area contributed by atoms with Crippen LogP contribution in [-0.2, 0) is 6.54 Å². The van der Waals surface area contributed by atoms with E-state index in [4.69, 9.17) is 0 Å². The number of likely N-dealkylation sites (tertiary alicyclic amines) is 1. The molecule has 5 nitrogen and oxygen atoms in total. The Hall–Kier alpha value is -2.24.